The van der Waals surface area contributed by atoms with Crippen LogP contribution in [0.25, 0.3) is 0 Å². The van der Waals surface area contributed by atoms with E-state index in [1.165, 1.54) is 5.56 Å². The molecule has 112 valence electrons. The van der Waals surface area contributed by atoms with Crippen molar-refractivity contribution in [2.45, 2.75) is 24.8 Å². The Morgan fingerprint density at radius 2 is 1.90 bits per heavy atom. The van der Waals surface area contributed by atoms with Crippen LogP contribution >= 0.6 is 28.3 Å². The summed E-state index contributed by atoms with van der Waals surface area (Å²) in [6.45, 7) is 1.74. The molecule has 0 aromatic heterocycles. The highest BCUT2D eigenvalue weighted by Gasteiger charge is 2.35. The number of nitrogens with two attached hydrogens (primary N) is 1. The van der Waals surface area contributed by atoms with E-state index in [9.17, 15) is 4.79 Å². The van der Waals surface area contributed by atoms with E-state index in [1.54, 1.807) is 0 Å². The largest absolute Gasteiger partial charge is 0.381 e. The molecular weight excluding hydrogens is 344 g/mol. The van der Waals surface area contributed by atoms with Gasteiger partial charge in [-0.25, -0.2) is 0 Å². The zero-order valence-electron chi connectivity index (χ0n) is 11.2. The van der Waals surface area contributed by atoms with Gasteiger partial charge >= 0.3 is 0 Å². The second kappa shape index (κ2) is 7.98. The second-order valence-corrected chi connectivity index (χ2v) is 5.82. The Morgan fingerprint density at radius 3 is 2.50 bits per heavy atom. The third kappa shape index (κ3) is 4.74. The monoisotopic (exact) mass is 362 g/mol. The number of hydrogen-bond acceptors (Lipinski definition) is 3. The maximum Gasteiger partial charge on any atom is 0.240 e. The molecule has 1 fully saturated rings. The first-order valence-electron chi connectivity index (χ1n) is 6.49. The molecule has 0 spiro atoms. The van der Waals surface area contributed by atoms with Crippen LogP contribution in [0, 0.1) is 0 Å². The minimum Gasteiger partial charge on any atom is -0.381 e. The summed E-state index contributed by atoms with van der Waals surface area (Å²) in [4.78, 5) is 12.1. The molecule has 0 atom stereocenters. The summed E-state index contributed by atoms with van der Waals surface area (Å²) < 4.78 is 6.29. The Bertz CT molecular complexity index is 433. The molecule has 0 saturated carbocycles. The van der Waals surface area contributed by atoms with E-state index < -0.39 is 5.54 Å². The van der Waals surface area contributed by atoms with Crippen molar-refractivity contribution in [1.29, 1.82) is 0 Å². The van der Waals surface area contributed by atoms with Crippen molar-refractivity contribution < 1.29 is 9.53 Å². The van der Waals surface area contributed by atoms with Gasteiger partial charge in [-0.3, -0.25) is 4.79 Å². The lowest BCUT2D eigenvalue weighted by Crippen LogP contribution is -2.57. The van der Waals surface area contributed by atoms with Crippen molar-refractivity contribution in [1.82, 2.24) is 5.32 Å². The molecule has 0 aliphatic carbocycles. The Labute approximate surface area is 134 Å². The fraction of sp³-hybridized carbons (Fsp3) is 0.500. The first-order valence-corrected chi connectivity index (χ1v) is 7.29. The summed E-state index contributed by atoms with van der Waals surface area (Å²) in [5.41, 5.74) is 6.55. The SMILES string of the molecule is Cl.NC1(C(=O)NCCc2ccc(Br)cc2)CCOCC1. The quantitative estimate of drug-likeness (QED) is 0.860. The van der Waals surface area contributed by atoms with E-state index >= 15 is 0 Å². The molecule has 0 bridgehead atoms. The van der Waals surface area contributed by atoms with Gasteiger partial charge in [-0.05, 0) is 37.0 Å². The van der Waals surface area contributed by atoms with E-state index in [0.29, 0.717) is 32.6 Å². The van der Waals surface area contributed by atoms with Gasteiger partial charge in [-0.2, -0.15) is 0 Å². The van der Waals surface area contributed by atoms with Crippen LogP contribution in [0.1, 0.15) is 18.4 Å². The molecule has 2 rings (SSSR count). The number of benzene rings is 1. The average Bonchev–Trinajstić information content (AvgIpc) is 2.42. The minimum absolute atomic E-state index is 0. The lowest BCUT2D eigenvalue weighted by molar-refractivity contribution is -0.129. The van der Waals surface area contributed by atoms with Gasteiger partial charge in [0.15, 0.2) is 0 Å². The molecule has 20 heavy (non-hydrogen) atoms. The van der Waals surface area contributed by atoms with Crippen LogP contribution < -0.4 is 11.1 Å². The minimum atomic E-state index is -0.752. The first-order chi connectivity index (χ1) is 9.10. The standard InChI is InChI=1S/C14H19BrN2O2.ClH/c15-12-3-1-11(2-4-12)5-8-17-13(18)14(16)6-9-19-10-7-14;/h1-4H,5-10,16H2,(H,17,18);1H. The van der Waals surface area contributed by atoms with Crippen molar-refractivity contribution >= 4 is 34.2 Å². The molecule has 4 nitrogen and oxygen atoms in total. The number of amides is 1. The smallest absolute Gasteiger partial charge is 0.240 e. The zero-order chi connectivity index (χ0) is 13.7. The van der Waals surface area contributed by atoms with Gasteiger partial charge in [0.2, 0.25) is 5.91 Å². The van der Waals surface area contributed by atoms with E-state index in [4.69, 9.17) is 10.5 Å². The van der Waals surface area contributed by atoms with Crippen LogP contribution in [0.4, 0.5) is 0 Å². The van der Waals surface area contributed by atoms with E-state index in [0.717, 1.165) is 10.9 Å². The topological polar surface area (TPSA) is 64.4 Å². The summed E-state index contributed by atoms with van der Waals surface area (Å²) in [6, 6.07) is 8.09. The molecule has 0 unspecified atom stereocenters. The Morgan fingerprint density at radius 1 is 1.30 bits per heavy atom. The number of carbonyl (C=O) groups excluding carboxylic acids is 1. The van der Waals surface area contributed by atoms with Gasteiger partial charge in [-0.15, -0.1) is 12.4 Å². The highest BCUT2D eigenvalue weighted by molar-refractivity contribution is 9.10. The van der Waals surface area contributed by atoms with Gasteiger partial charge in [-0.1, -0.05) is 28.1 Å². The number of ether oxygens (including phenoxy) is 1. The summed E-state index contributed by atoms with van der Waals surface area (Å²) in [6.07, 6.45) is 2.00. The molecule has 1 aromatic carbocycles. The molecule has 1 aliphatic rings. The lowest BCUT2D eigenvalue weighted by atomic mass is 9.90. The summed E-state index contributed by atoms with van der Waals surface area (Å²) in [5.74, 6) is -0.0621. The van der Waals surface area contributed by atoms with Gasteiger partial charge < -0.3 is 15.8 Å². The number of halogens is 2. The van der Waals surface area contributed by atoms with E-state index in [-0.39, 0.29) is 18.3 Å². The van der Waals surface area contributed by atoms with E-state index in [2.05, 4.69) is 21.2 Å². The molecule has 1 amide bonds. The van der Waals surface area contributed by atoms with Crippen molar-refractivity contribution in [3.8, 4) is 0 Å². The first kappa shape index (κ1) is 17.4. The zero-order valence-corrected chi connectivity index (χ0v) is 13.6. The van der Waals surface area contributed by atoms with Crippen molar-refractivity contribution in [3.63, 3.8) is 0 Å². The van der Waals surface area contributed by atoms with Gasteiger partial charge in [0.05, 0.1) is 5.54 Å². The van der Waals surface area contributed by atoms with Crippen molar-refractivity contribution in [2.75, 3.05) is 19.8 Å². The van der Waals surface area contributed by atoms with Gasteiger partial charge in [0.25, 0.3) is 0 Å². The fourth-order valence-electron chi connectivity index (χ4n) is 2.11. The fourth-order valence-corrected chi connectivity index (χ4v) is 2.37. The maximum atomic E-state index is 12.1. The van der Waals surface area contributed by atoms with Crippen LogP contribution in [0.3, 0.4) is 0 Å². The van der Waals surface area contributed by atoms with Crippen LogP contribution in [0.2, 0.25) is 0 Å². The van der Waals surface area contributed by atoms with Crippen LogP contribution in [0.15, 0.2) is 28.7 Å². The van der Waals surface area contributed by atoms with Gasteiger partial charge in [0.1, 0.15) is 0 Å². The number of nitrogens with one attached hydrogen (secondary N) is 1. The number of hydrogen-bond donors (Lipinski definition) is 2. The van der Waals surface area contributed by atoms with E-state index in [1.807, 2.05) is 24.3 Å². The molecule has 1 saturated heterocycles. The maximum absolute atomic E-state index is 12.1. The van der Waals surface area contributed by atoms with Crippen molar-refractivity contribution in [2.24, 2.45) is 5.73 Å². The normalized spacial score (nSPS) is 17.1. The summed E-state index contributed by atoms with van der Waals surface area (Å²) in [7, 11) is 0. The predicted octanol–water partition coefficient (Wildman–Crippen LogP) is 2.04. The predicted molar refractivity (Wildman–Crippen MR) is 85.1 cm³/mol. The van der Waals surface area contributed by atoms with Gasteiger partial charge in [0, 0.05) is 24.2 Å². The molecule has 6 heteroatoms. The molecule has 3 N–H and O–H groups in total. The van der Waals surface area contributed by atoms with Crippen LogP contribution in [0.5, 0.6) is 0 Å². The molecule has 1 aliphatic heterocycles. The number of rotatable bonds is 4. The van der Waals surface area contributed by atoms with Crippen molar-refractivity contribution in [3.05, 3.63) is 34.3 Å². The summed E-state index contributed by atoms with van der Waals surface area (Å²) >= 11 is 3.40. The molecule has 1 heterocycles. The Hall–Kier alpha value is -0.620. The Kier molecular flexibility index (Phi) is 6.95. The highest BCUT2D eigenvalue weighted by atomic mass is 79.9. The third-order valence-corrected chi connectivity index (χ3v) is 3.98. The molecular formula is C14H20BrClN2O2. The molecule has 1 aromatic rings. The average molecular weight is 364 g/mol. The van der Waals surface area contributed by atoms with Crippen LogP contribution in [-0.4, -0.2) is 31.2 Å². The molecule has 0 radical (unpaired) electrons. The summed E-state index contributed by atoms with van der Waals surface area (Å²) in [5, 5.41) is 2.92. The Balaban J connectivity index is 0.00000200. The third-order valence-electron chi connectivity index (χ3n) is 3.45. The number of carbonyl (C=O) groups is 1. The second-order valence-electron chi connectivity index (χ2n) is 4.90. The highest BCUT2D eigenvalue weighted by Crippen LogP contribution is 2.17. The van der Waals surface area contributed by atoms with Crippen LogP contribution in [-0.2, 0) is 16.0 Å². The lowest BCUT2D eigenvalue weighted by Gasteiger charge is -2.31.